The van der Waals surface area contributed by atoms with Gasteiger partial charge in [-0.15, -0.1) is 0 Å². The van der Waals surface area contributed by atoms with Crippen LogP contribution in [0.2, 0.25) is 0 Å². The molecule has 0 radical (unpaired) electrons. The summed E-state index contributed by atoms with van der Waals surface area (Å²) < 4.78 is 4.76. The summed E-state index contributed by atoms with van der Waals surface area (Å²) in [5.74, 6) is 1.70. The Bertz CT molecular complexity index is 6080. The Morgan fingerprint density at radius 3 is 0.639 bits per heavy atom. The first-order valence-electron chi connectivity index (χ1n) is 36.5. The number of hydrogen-bond acceptors (Lipinski definition) is 7. The Morgan fingerprint density at radius 2 is 0.361 bits per heavy atom. The number of nitrogens with zero attached hydrogens (tertiary/aromatic N) is 9. The van der Waals surface area contributed by atoms with Crippen LogP contribution in [-0.2, 0) is 0 Å². The summed E-state index contributed by atoms with van der Waals surface area (Å²) >= 11 is 0. The van der Waals surface area contributed by atoms with Gasteiger partial charge in [-0.25, -0.2) is 15.0 Å². The van der Waals surface area contributed by atoms with E-state index in [1.54, 1.807) is 0 Å². The molecule has 9 heteroatoms. The van der Waals surface area contributed by atoms with E-state index in [9.17, 15) is 0 Å². The lowest BCUT2D eigenvalue weighted by Crippen LogP contribution is -2.10. The summed E-state index contributed by atoms with van der Waals surface area (Å²) in [7, 11) is 0. The summed E-state index contributed by atoms with van der Waals surface area (Å²) in [5, 5.41) is 4.88. The number of benzene rings is 16. The normalized spacial score (nSPS) is 11.3. The van der Waals surface area contributed by atoms with Crippen molar-refractivity contribution in [2.24, 2.45) is 0 Å². The maximum atomic E-state index is 5.28. The second-order valence-corrected chi connectivity index (χ2v) is 26.8. The summed E-state index contributed by atoms with van der Waals surface area (Å²) in [6.07, 6.45) is 0. The molecule has 0 N–H and O–H groups in total. The molecule has 0 aliphatic heterocycles. The second kappa shape index (κ2) is 28.2. The van der Waals surface area contributed by atoms with E-state index in [0.717, 1.165) is 118 Å². The number of fused-ring (bicyclic) bond motifs is 6. The van der Waals surface area contributed by atoms with Crippen LogP contribution in [0.3, 0.4) is 0 Å². The highest BCUT2D eigenvalue weighted by Crippen LogP contribution is 2.44. The van der Waals surface area contributed by atoms with Crippen LogP contribution in [0.1, 0.15) is 0 Å². The van der Waals surface area contributed by atoms with Gasteiger partial charge in [0.05, 0.1) is 22.1 Å². The van der Waals surface area contributed by atoms with E-state index < -0.39 is 0 Å². The Balaban J connectivity index is 0.629. The molecule has 3 aromatic heterocycles. The summed E-state index contributed by atoms with van der Waals surface area (Å²) in [6.45, 7) is 0. The van der Waals surface area contributed by atoms with Gasteiger partial charge < -0.3 is 28.7 Å². The number of anilines is 12. The molecule has 0 amide bonds. The van der Waals surface area contributed by atoms with Crippen LogP contribution in [-0.4, -0.2) is 24.1 Å². The van der Waals surface area contributed by atoms with Gasteiger partial charge in [0.2, 0.25) is 0 Å². The predicted octanol–water partition coefficient (Wildman–Crippen LogP) is 26.6. The van der Waals surface area contributed by atoms with E-state index in [1.165, 1.54) is 32.6 Å². The molecule has 0 aliphatic carbocycles. The van der Waals surface area contributed by atoms with Gasteiger partial charge >= 0.3 is 0 Å². The smallest absolute Gasteiger partial charge is 0.164 e. The van der Waals surface area contributed by atoms with E-state index in [-0.39, 0.29) is 0 Å². The first-order chi connectivity index (χ1) is 53.6. The number of rotatable bonds is 18. The fourth-order valence-electron chi connectivity index (χ4n) is 15.2. The van der Waals surface area contributed by atoms with Crippen LogP contribution >= 0.6 is 0 Å². The zero-order chi connectivity index (χ0) is 71.7. The maximum absolute atomic E-state index is 5.28. The minimum atomic E-state index is 0.564. The van der Waals surface area contributed by atoms with Crippen LogP contribution < -0.4 is 19.6 Å². The molecule has 0 saturated carbocycles. The van der Waals surface area contributed by atoms with Crippen molar-refractivity contribution in [1.82, 2.24) is 24.1 Å². The van der Waals surface area contributed by atoms with Gasteiger partial charge in [-0.05, 0) is 248 Å². The van der Waals surface area contributed by atoms with E-state index in [2.05, 4.69) is 423 Å². The summed E-state index contributed by atoms with van der Waals surface area (Å²) in [6, 6.07) is 148. The van der Waals surface area contributed by atoms with Crippen LogP contribution in [0.5, 0.6) is 0 Å². The molecule has 0 saturated heterocycles. The van der Waals surface area contributed by atoms with Crippen molar-refractivity contribution in [1.29, 1.82) is 0 Å². The summed E-state index contributed by atoms with van der Waals surface area (Å²) in [4.78, 5) is 25.0. The van der Waals surface area contributed by atoms with Gasteiger partial charge in [0, 0.05) is 118 Å². The van der Waals surface area contributed by atoms with Gasteiger partial charge in [0.15, 0.2) is 17.5 Å². The molecule has 0 unspecified atom stereocenters. The molecule has 0 bridgehead atoms. The topological polar surface area (TPSA) is 61.5 Å². The van der Waals surface area contributed by atoms with Gasteiger partial charge in [0.1, 0.15) is 0 Å². The quantitative estimate of drug-likeness (QED) is 0.0848. The first-order valence-corrected chi connectivity index (χ1v) is 36.5. The highest BCUT2D eigenvalue weighted by Gasteiger charge is 2.22. The molecule has 0 aliphatic rings. The molecule has 0 atom stereocenters. The molecule has 510 valence electrons. The lowest BCUT2D eigenvalue weighted by molar-refractivity contribution is 1.07. The van der Waals surface area contributed by atoms with Crippen LogP contribution in [0, 0.1) is 0 Å². The van der Waals surface area contributed by atoms with Crippen molar-refractivity contribution in [3.63, 3.8) is 0 Å². The second-order valence-electron chi connectivity index (χ2n) is 26.8. The third-order valence-corrected chi connectivity index (χ3v) is 20.3. The third-order valence-electron chi connectivity index (χ3n) is 20.3. The van der Waals surface area contributed by atoms with Crippen molar-refractivity contribution in [2.75, 3.05) is 19.6 Å². The predicted molar refractivity (Wildman–Crippen MR) is 449 cm³/mol. The number of hydrogen-bond donors (Lipinski definition) is 0. The van der Waals surface area contributed by atoms with Crippen molar-refractivity contribution in [3.05, 3.63) is 419 Å². The van der Waals surface area contributed by atoms with Crippen molar-refractivity contribution < 1.29 is 0 Å². The average molecular weight is 1380 g/mol. The van der Waals surface area contributed by atoms with Crippen LogP contribution in [0.4, 0.5) is 68.2 Å². The van der Waals surface area contributed by atoms with E-state index in [1.807, 2.05) is 24.3 Å². The van der Waals surface area contributed by atoms with Crippen molar-refractivity contribution >= 4 is 112 Å². The molecule has 108 heavy (non-hydrogen) atoms. The van der Waals surface area contributed by atoms with Gasteiger partial charge in [-0.2, -0.15) is 0 Å². The highest BCUT2D eigenvalue weighted by molar-refractivity contribution is 6.11. The van der Waals surface area contributed by atoms with Crippen molar-refractivity contribution in [3.8, 4) is 56.7 Å². The lowest BCUT2D eigenvalue weighted by Gasteiger charge is -2.26. The monoisotopic (exact) mass is 1380 g/mol. The average Bonchev–Trinajstić information content (AvgIpc) is 1.58. The molecular weight excluding hydrogens is 1320 g/mol. The van der Waals surface area contributed by atoms with Crippen LogP contribution in [0.15, 0.2) is 419 Å². The molecule has 9 nitrogen and oxygen atoms in total. The maximum Gasteiger partial charge on any atom is 0.164 e. The van der Waals surface area contributed by atoms with E-state index in [0.29, 0.717) is 17.5 Å². The zero-order valence-corrected chi connectivity index (χ0v) is 58.9. The Labute approximate surface area is 626 Å². The van der Waals surface area contributed by atoms with Crippen LogP contribution in [0.25, 0.3) is 100 Å². The molecule has 16 aromatic carbocycles. The first kappa shape index (κ1) is 64.2. The third kappa shape index (κ3) is 12.2. The standard InChI is InChI=1S/C99H69N9/c1-7-25-75(26-8-1)103(76-27-9-2-10-28-76)82-54-45-71(46-55-82)97-100-98(72-47-56-83(57-48-72)104(77-29-11-3-12-30-77)78-31-13-4-14-32-78)102-99(101-97)73-49-58-84(59-50-73)105(79-33-15-5-16-34-79)81-52-43-70(44-53-81)74-51-68-96-92(69-74)91-39-21-24-42-95(91)108(96)88-66-62-86(63-67-88)106(80-35-17-6-18-36-80)85-60-64-87(65-61-85)107-93-40-22-19-37-89(93)90-38-20-23-41-94(90)107/h1-69H. The van der Waals surface area contributed by atoms with Gasteiger partial charge in [-0.3, -0.25) is 0 Å². The van der Waals surface area contributed by atoms with E-state index in [4.69, 9.17) is 15.0 Å². The minimum Gasteiger partial charge on any atom is -0.311 e. The van der Waals surface area contributed by atoms with E-state index >= 15 is 0 Å². The minimum absolute atomic E-state index is 0.564. The molecule has 19 aromatic rings. The molecule has 19 rings (SSSR count). The zero-order valence-electron chi connectivity index (χ0n) is 58.9. The SMILES string of the molecule is c1ccc(N(c2ccccc2)c2ccc(-c3nc(-c4ccc(N(c5ccccc5)c5ccccc5)cc4)nc(-c4ccc(N(c5ccccc5)c5ccc(-c6ccc7c(c6)c6ccccc6n7-c6ccc(N(c7ccccc7)c7ccc(-n8c9ccccc9c9ccccc98)cc7)cc6)cc5)cc4)n3)cc2)cc1. The highest BCUT2D eigenvalue weighted by atomic mass is 15.2. The molecular formula is C99H69N9. The fourth-order valence-corrected chi connectivity index (χ4v) is 15.2. The van der Waals surface area contributed by atoms with Gasteiger partial charge in [0.25, 0.3) is 0 Å². The molecule has 0 fully saturated rings. The number of para-hydroxylation sites is 9. The molecule has 3 heterocycles. The largest absolute Gasteiger partial charge is 0.311 e. The summed E-state index contributed by atoms with van der Waals surface area (Å²) in [5.41, 5.74) is 24.3. The van der Waals surface area contributed by atoms with Gasteiger partial charge in [-0.1, -0.05) is 182 Å². The lowest BCUT2D eigenvalue weighted by atomic mass is 10.0. The Hall–Kier alpha value is -14.7. The molecule has 0 spiro atoms. The fraction of sp³-hybridized carbons (Fsp3) is 0. The Morgan fingerprint density at radius 1 is 0.157 bits per heavy atom. The Kier molecular flexibility index (Phi) is 16.7. The number of aromatic nitrogens is 5. The van der Waals surface area contributed by atoms with Crippen molar-refractivity contribution in [2.45, 2.75) is 0 Å².